The molecule has 0 aliphatic carbocycles. The lowest BCUT2D eigenvalue weighted by Crippen LogP contribution is -2.12. The number of rotatable bonds is 4. The zero-order valence-corrected chi connectivity index (χ0v) is 9.28. The molecule has 0 spiro atoms. The van der Waals surface area contributed by atoms with Crippen molar-refractivity contribution in [2.24, 2.45) is 7.05 Å². The predicted octanol–water partition coefficient (Wildman–Crippen LogP) is 0.0530. The molecular formula is C8H12N2O4S. The normalized spacial score (nSPS) is 11.6. The number of aromatic carboxylic acids is 1. The van der Waals surface area contributed by atoms with E-state index in [9.17, 15) is 13.2 Å². The van der Waals surface area contributed by atoms with E-state index >= 15 is 0 Å². The highest BCUT2D eigenvalue weighted by molar-refractivity contribution is 7.90. The fourth-order valence-corrected chi connectivity index (χ4v) is 2.09. The summed E-state index contributed by atoms with van der Waals surface area (Å²) in [5.41, 5.74) is 0.152. The van der Waals surface area contributed by atoms with Gasteiger partial charge in [-0.25, -0.2) is 13.2 Å². The first-order chi connectivity index (χ1) is 6.87. The monoisotopic (exact) mass is 232 g/mol. The van der Waals surface area contributed by atoms with Crippen LogP contribution in [0, 0.1) is 0 Å². The quantitative estimate of drug-likeness (QED) is 0.792. The van der Waals surface area contributed by atoms with Gasteiger partial charge in [-0.1, -0.05) is 6.92 Å². The van der Waals surface area contributed by atoms with Crippen LogP contribution < -0.4 is 0 Å². The topological polar surface area (TPSA) is 89.3 Å². The van der Waals surface area contributed by atoms with E-state index in [1.54, 1.807) is 0 Å². The maximum Gasteiger partial charge on any atom is 0.354 e. The molecule has 0 aromatic carbocycles. The molecule has 0 amide bonds. The van der Waals surface area contributed by atoms with Crippen LogP contribution in [0.2, 0.25) is 0 Å². The molecule has 84 valence electrons. The molecule has 1 heterocycles. The van der Waals surface area contributed by atoms with Crippen LogP contribution >= 0.6 is 0 Å². The molecule has 0 atom stereocenters. The second kappa shape index (κ2) is 4.01. The fourth-order valence-electron chi connectivity index (χ4n) is 1.20. The molecule has 6 nitrogen and oxygen atoms in total. The van der Waals surface area contributed by atoms with Gasteiger partial charge in [0, 0.05) is 18.4 Å². The Kier molecular flexibility index (Phi) is 3.13. The van der Waals surface area contributed by atoms with Crippen LogP contribution in [0.5, 0.6) is 0 Å². The van der Waals surface area contributed by atoms with Crippen LogP contribution in [0.15, 0.2) is 6.20 Å². The molecular weight excluding hydrogens is 220 g/mol. The fraction of sp³-hybridized carbons (Fsp3) is 0.500. The van der Waals surface area contributed by atoms with E-state index in [1.165, 1.54) is 20.2 Å². The third kappa shape index (κ3) is 2.56. The van der Waals surface area contributed by atoms with Crippen molar-refractivity contribution in [1.82, 2.24) is 9.78 Å². The zero-order chi connectivity index (χ0) is 11.6. The average molecular weight is 232 g/mol. The van der Waals surface area contributed by atoms with Gasteiger partial charge >= 0.3 is 5.97 Å². The third-order valence-corrected chi connectivity index (χ3v) is 3.66. The maximum absolute atomic E-state index is 11.3. The second-order valence-corrected chi connectivity index (χ2v) is 5.48. The van der Waals surface area contributed by atoms with Crippen molar-refractivity contribution in [3.05, 3.63) is 17.5 Å². The van der Waals surface area contributed by atoms with E-state index in [2.05, 4.69) is 5.10 Å². The molecule has 15 heavy (non-hydrogen) atoms. The van der Waals surface area contributed by atoms with Crippen molar-refractivity contribution in [3.8, 4) is 0 Å². The summed E-state index contributed by atoms with van der Waals surface area (Å²) in [6, 6.07) is 0. The molecule has 1 aromatic heterocycles. The van der Waals surface area contributed by atoms with Gasteiger partial charge in [0.15, 0.2) is 9.84 Å². The molecule has 0 aliphatic heterocycles. The Morgan fingerprint density at radius 2 is 2.20 bits per heavy atom. The lowest BCUT2D eigenvalue weighted by molar-refractivity contribution is 0.0684. The number of carboxylic acids is 1. The number of aryl methyl sites for hydroxylation is 1. The smallest absolute Gasteiger partial charge is 0.354 e. The number of hydrogen-bond donors (Lipinski definition) is 1. The Balaban J connectivity index is 3.12. The molecule has 0 radical (unpaired) electrons. The lowest BCUT2D eigenvalue weighted by Gasteiger charge is -2.01. The third-order valence-electron chi connectivity index (χ3n) is 2.03. The minimum absolute atomic E-state index is 0.0129. The highest BCUT2D eigenvalue weighted by Crippen LogP contribution is 2.12. The van der Waals surface area contributed by atoms with Crippen molar-refractivity contribution >= 4 is 15.8 Å². The van der Waals surface area contributed by atoms with Gasteiger partial charge in [-0.05, 0) is 0 Å². The summed E-state index contributed by atoms with van der Waals surface area (Å²) in [5, 5.41) is 12.6. The molecule has 1 aromatic rings. The van der Waals surface area contributed by atoms with Crippen LogP contribution in [0.3, 0.4) is 0 Å². The van der Waals surface area contributed by atoms with Crippen LogP contribution in [-0.2, 0) is 22.6 Å². The van der Waals surface area contributed by atoms with E-state index in [1.807, 2.05) is 0 Å². The number of sulfone groups is 1. The average Bonchev–Trinajstić information content (AvgIpc) is 2.46. The Labute approximate surface area is 87.4 Å². The van der Waals surface area contributed by atoms with Gasteiger partial charge in [0.05, 0.1) is 11.9 Å². The van der Waals surface area contributed by atoms with E-state index in [-0.39, 0.29) is 22.8 Å². The number of hydrogen-bond acceptors (Lipinski definition) is 4. The summed E-state index contributed by atoms with van der Waals surface area (Å²) in [5.74, 6) is -1.46. The molecule has 0 bridgehead atoms. The molecule has 0 saturated heterocycles. The van der Waals surface area contributed by atoms with Crippen molar-refractivity contribution < 1.29 is 18.3 Å². The number of carboxylic acid groups (broad SMARTS) is 1. The van der Waals surface area contributed by atoms with Gasteiger partial charge in [-0.2, -0.15) is 5.10 Å². The lowest BCUT2D eigenvalue weighted by atomic mass is 10.3. The molecule has 1 rings (SSSR count). The molecule has 1 N–H and O–H groups in total. The molecule has 0 aliphatic rings. The van der Waals surface area contributed by atoms with Gasteiger partial charge in [0.1, 0.15) is 5.69 Å². The Morgan fingerprint density at radius 3 is 2.67 bits per heavy atom. The molecule has 0 saturated carbocycles. The summed E-state index contributed by atoms with van der Waals surface area (Å²) in [6.07, 6.45) is 1.27. The Bertz CT molecular complexity index is 475. The zero-order valence-electron chi connectivity index (χ0n) is 8.47. The van der Waals surface area contributed by atoms with E-state index < -0.39 is 15.8 Å². The summed E-state index contributed by atoms with van der Waals surface area (Å²) < 4.78 is 23.8. The van der Waals surface area contributed by atoms with Gasteiger partial charge in [0.2, 0.25) is 0 Å². The molecule has 0 fully saturated rings. The predicted molar refractivity (Wildman–Crippen MR) is 53.3 cm³/mol. The minimum Gasteiger partial charge on any atom is -0.477 e. The van der Waals surface area contributed by atoms with Crippen molar-refractivity contribution in [1.29, 1.82) is 0 Å². The number of aromatic nitrogens is 2. The van der Waals surface area contributed by atoms with E-state index in [0.29, 0.717) is 0 Å². The van der Waals surface area contributed by atoms with Gasteiger partial charge in [-0.15, -0.1) is 0 Å². The first kappa shape index (κ1) is 11.7. The maximum atomic E-state index is 11.3. The van der Waals surface area contributed by atoms with Gasteiger partial charge in [-0.3, -0.25) is 4.68 Å². The SMILES string of the molecule is CCS(=O)(=O)Cc1cnn(C)c1C(=O)O. The van der Waals surface area contributed by atoms with Crippen LogP contribution in [0.25, 0.3) is 0 Å². The number of nitrogens with zero attached hydrogens (tertiary/aromatic N) is 2. The second-order valence-electron chi connectivity index (χ2n) is 3.12. The van der Waals surface area contributed by atoms with Crippen LogP contribution in [0.1, 0.15) is 23.0 Å². The van der Waals surface area contributed by atoms with Crippen molar-refractivity contribution in [2.75, 3.05) is 5.75 Å². The summed E-state index contributed by atoms with van der Waals surface area (Å²) in [4.78, 5) is 10.8. The Morgan fingerprint density at radius 1 is 1.60 bits per heavy atom. The highest BCUT2D eigenvalue weighted by atomic mass is 32.2. The van der Waals surface area contributed by atoms with E-state index in [0.717, 1.165) is 4.68 Å². The first-order valence-electron chi connectivity index (χ1n) is 4.32. The van der Waals surface area contributed by atoms with Gasteiger partial charge < -0.3 is 5.11 Å². The summed E-state index contributed by atoms with van der Waals surface area (Å²) in [6.45, 7) is 1.52. The largest absolute Gasteiger partial charge is 0.477 e. The van der Waals surface area contributed by atoms with E-state index in [4.69, 9.17) is 5.11 Å². The van der Waals surface area contributed by atoms with Crippen molar-refractivity contribution in [3.63, 3.8) is 0 Å². The molecule has 7 heteroatoms. The Hall–Kier alpha value is -1.37. The summed E-state index contributed by atoms with van der Waals surface area (Å²) in [7, 11) is -1.77. The van der Waals surface area contributed by atoms with Crippen molar-refractivity contribution in [2.45, 2.75) is 12.7 Å². The van der Waals surface area contributed by atoms with Crippen LogP contribution in [-0.4, -0.2) is 35.0 Å². The minimum atomic E-state index is -3.23. The van der Waals surface area contributed by atoms with Crippen LogP contribution in [0.4, 0.5) is 0 Å². The molecule has 0 unspecified atom stereocenters. The van der Waals surface area contributed by atoms with Gasteiger partial charge in [0.25, 0.3) is 0 Å². The standard InChI is InChI=1S/C8H12N2O4S/c1-3-15(13,14)5-6-4-9-10(2)7(6)8(11)12/h4H,3,5H2,1-2H3,(H,11,12). The highest BCUT2D eigenvalue weighted by Gasteiger charge is 2.20. The first-order valence-corrected chi connectivity index (χ1v) is 6.14. The number of carbonyl (C=O) groups is 1. The summed E-state index contributed by atoms with van der Waals surface area (Å²) >= 11 is 0.